The fourth-order valence-electron chi connectivity index (χ4n) is 3.19. The number of nitrogens with one attached hydrogen (secondary N) is 2. The molecule has 11 heteroatoms. The van der Waals surface area contributed by atoms with Crippen LogP contribution in [-0.2, 0) is 14.4 Å². The minimum Gasteiger partial charge on any atom is -0.483 e. The Balaban J connectivity index is 0.000000769. The van der Waals surface area contributed by atoms with Crippen LogP contribution < -0.4 is 15.5 Å². The van der Waals surface area contributed by atoms with Gasteiger partial charge in [0.15, 0.2) is 0 Å². The molecule has 3 rings (SSSR count). The molecule has 1 aliphatic rings. The predicted octanol–water partition coefficient (Wildman–Crippen LogP) is 1.99. The Morgan fingerprint density at radius 2 is 1.69 bits per heavy atom. The second kappa shape index (κ2) is 13.5. The first kappa shape index (κ1) is 26.3. The highest BCUT2D eigenvalue weighted by Gasteiger charge is 2.42. The molecule has 2 aromatic rings. The number of piperidine rings is 1. The van der Waals surface area contributed by atoms with Crippen molar-refractivity contribution in [1.29, 1.82) is 0 Å². The molecular formula is C21H28FN5O5. The van der Waals surface area contributed by atoms with E-state index in [-0.39, 0.29) is 30.7 Å². The van der Waals surface area contributed by atoms with Crippen molar-refractivity contribution in [3.05, 3.63) is 48.5 Å². The van der Waals surface area contributed by atoms with E-state index in [1.54, 1.807) is 30.6 Å². The van der Waals surface area contributed by atoms with Gasteiger partial charge in [-0.25, -0.2) is 14.4 Å². The Hall–Kier alpha value is -3.76. The van der Waals surface area contributed by atoms with Crippen molar-refractivity contribution in [2.45, 2.75) is 38.3 Å². The SMILES string of the molecule is CC(C)NC(=O)C1(Nc2cccc(F)c2)CCN(c2ncccn2)CC1.O=CO.O=CO. The van der Waals surface area contributed by atoms with Gasteiger partial charge in [0.1, 0.15) is 11.4 Å². The normalized spacial score (nSPS) is 14.1. The number of halogens is 1. The van der Waals surface area contributed by atoms with Crippen molar-refractivity contribution in [1.82, 2.24) is 15.3 Å². The van der Waals surface area contributed by atoms with Crippen LogP contribution in [-0.4, -0.2) is 63.7 Å². The van der Waals surface area contributed by atoms with Gasteiger partial charge >= 0.3 is 0 Å². The summed E-state index contributed by atoms with van der Waals surface area (Å²) in [6.07, 6.45) is 4.56. The van der Waals surface area contributed by atoms with Crippen LogP contribution in [0.25, 0.3) is 0 Å². The lowest BCUT2D eigenvalue weighted by Gasteiger charge is -2.42. The highest BCUT2D eigenvalue weighted by Crippen LogP contribution is 2.29. The average Bonchev–Trinajstić information content (AvgIpc) is 2.75. The molecule has 0 atom stereocenters. The van der Waals surface area contributed by atoms with E-state index < -0.39 is 5.54 Å². The number of nitrogens with zero attached hydrogens (tertiary/aromatic N) is 3. The lowest BCUT2D eigenvalue weighted by atomic mass is 9.85. The summed E-state index contributed by atoms with van der Waals surface area (Å²) < 4.78 is 13.6. The van der Waals surface area contributed by atoms with E-state index in [4.69, 9.17) is 19.8 Å². The van der Waals surface area contributed by atoms with Gasteiger partial charge in [-0.05, 0) is 51.0 Å². The van der Waals surface area contributed by atoms with Crippen LogP contribution in [0, 0.1) is 5.82 Å². The first-order valence-corrected chi connectivity index (χ1v) is 9.84. The topological polar surface area (TPSA) is 145 Å². The van der Waals surface area contributed by atoms with Crippen LogP contribution in [0.1, 0.15) is 26.7 Å². The molecule has 0 aliphatic carbocycles. The zero-order chi connectivity index (χ0) is 24.0. The number of anilines is 2. The lowest BCUT2D eigenvalue weighted by Crippen LogP contribution is -2.59. The number of carbonyl (C=O) groups is 3. The number of aromatic nitrogens is 2. The van der Waals surface area contributed by atoms with Crippen LogP contribution >= 0.6 is 0 Å². The standard InChI is InChI=1S/C19H24FN5O.2CH2O2/c1-14(2)23-17(26)19(24-16-6-3-5-15(20)13-16)7-11-25(12-8-19)18-21-9-4-10-22-18;2*2-1-3/h3-6,9-10,13-14,24H,7-8,11-12H2,1-2H3,(H,23,26);2*1H,(H,2,3). The molecule has 2 heterocycles. The van der Waals surface area contributed by atoms with E-state index in [9.17, 15) is 9.18 Å². The molecule has 0 radical (unpaired) electrons. The number of rotatable bonds is 5. The Kier molecular flexibility index (Phi) is 11.1. The molecule has 1 aromatic carbocycles. The number of carbonyl (C=O) groups excluding carboxylic acids is 1. The summed E-state index contributed by atoms with van der Waals surface area (Å²) in [7, 11) is 0. The van der Waals surface area contributed by atoms with Crippen molar-refractivity contribution in [3.63, 3.8) is 0 Å². The molecule has 1 saturated heterocycles. The Labute approximate surface area is 185 Å². The van der Waals surface area contributed by atoms with E-state index in [2.05, 4.69) is 25.5 Å². The molecule has 0 bridgehead atoms. The fraction of sp³-hybridized carbons (Fsp3) is 0.381. The van der Waals surface area contributed by atoms with Gasteiger partial charge < -0.3 is 25.7 Å². The minimum absolute atomic E-state index is 0.0316. The summed E-state index contributed by atoms with van der Waals surface area (Å²) in [5.74, 6) is 0.269. The van der Waals surface area contributed by atoms with Gasteiger partial charge in [0.2, 0.25) is 11.9 Å². The maximum atomic E-state index is 13.6. The molecule has 4 N–H and O–H groups in total. The van der Waals surface area contributed by atoms with Crippen molar-refractivity contribution in [2.75, 3.05) is 23.3 Å². The number of amides is 1. The van der Waals surface area contributed by atoms with Crippen molar-refractivity contribution in [2.24, 2.45) is 0 Å². The van der Waals surface area contributed by atoms with Gasteiger partial charge in [-0.1, -0.05) is 6.07 Å². The third-order valence-electron chi connectivity index (χ3n) is 4.51. The molecule has 1 aromatic heterocycles. The quantitative estimate of drug-likeness (QED) is 0.504. The van der Waals surface area contributed by atoms with Gasteiger partial charge in [-0.3, -0.25) is 14.4 Å². The summed E-state index contributed by atoms with van der Waals surface area (Å²) in [6, 6.07) is 8.03. The zero-order valence-electron chi connectivity index (χ0n) is 17.9. The van der Waals surface area contributed by atoms with Gasteiger partial charge in [0.25, 0.3) is 12.9 Å². The van der Waals surface area contributed by atoms with Crippen LogP contribution in [0.4, 0.5) is 16.0 Å². The third-order valence-corrected chi connectivity index (χ3v) is 4.51. The van der Waals surface area contributed by atoms with Gasteiger partial charge in [-0.2, -0.15) is 0 Å². The van der Waals surface area contributed by atoms with Gasteiger partial charge in [0.05, 0.1) is 0 Å². The summed E-state index contributed by atoms with van der Waals surface area (Å²) >= 11 is 0. The molecule has 10 nitrogen and oxygen atoms in total. The number of hydrogen-bond donors (Lipinski definition) is 4. The van der Waals surface area contributed by atoms with E-state index in [1.165, 1.54) is 12.1 Å². The molecule has 1 aliphatic heterocycles. The summed E-state index contributed by atoms with van der Waals surface area (Å²) in [4.78, 5) is 40.3. The summed E-state index contributed by atoms with van der Waals surface area (Å²) in [6.45, 7) is 4.64. The van der Waals surface area contributed by atoms with Crippen molar-refractivity contribution in [3.8, 4) is 0 Å². The Morgan fingerprint density at radius 3 is 2.19 bits per heavy atom. The highest BCUT2D eigenvalue weighted by molar-refractivity contribution is 5.90. The molecule has 32 heavy (non-hydrogen) atoms. The molecule has 0 saturated carbocycles. The van der Waals surface area contributed by atoms with E-state index in [1.807, 2.05) is 13.8 Å². The van der Waals surface area contributed by atoms with Crippen molar-refractivity contribution < 1.29 is 29.0 Å². The van der Waals surface area contributed by atoms with Gasteiger partial charge in [0, 0.05) is 37.2 Å². The second-order valence-electron chi connectivity index (χ2n) is 7.09. The van der Waals surface area contributed by atoms with Crippen LogP contribution in [0.2, 0.25) is 0 Å². The van der Waals surface area contributed by atoms with Gasteiger partial charge in [-0.15, -0.1) is 0 Å². The maximum absolute atomic E-state index is 13.6. The van der Waals surface area contributed by atoms with E-state index >= 15 is 0 Å². The van der Waals surface area contributed by atoms with Crippen LogP contribution in [0.15, 0.2) is 42.7 Å². The van der Waals surface area contributed by atoms with Crippen LogP contribution in [0.3, 0.4) is 0 Å². The molecular weight excluding hydrogens is 421 g/mol. The Bertz CT molecular complexity index is 839. The molecule has 174 valence electrons. The first-order chi connectivity index (χ1) is 15.3. The summed E-state index contributed by atoms with van der Waals surface area (Å²) in [5, 5.41) is 20.1. The molecule has 0 spiro atoms. The fourth-order valence-corrected chi connectivity index (χ4v) is 3.19. The highest BCUT2D eigenvalue weighted by atomic mass is 19.1. The maximum Gasteiger partial charge on any atom is 0.290 e. The molecule has 1 fully saturated rings. The van der Waals surface area contributed by atoms with Crippen LogP contribution in [0.5, 0.6) is 0 Å². The number of hydrogen-bond acceptors (Lipinski definition) is 7. The third kappa shape index (κ3) is 8.17. The predicted molar refractivity (Wildman–Crippen MR) is 117 cm³/mol. The zero-order valence-corrected chi connectivity index (χ0v) is 17.9. The summed E-state index contributed by atoms with van der Waals surface area (Å²) in [5.41, 5.74) is -0.183. The molecule has 0 unspecified atom stereocenters. The van der Waals surface area contributed by atoms with E-state index in [0.29, 0.717) is 37.6 Å². The smallest absolute Gasteiger partial charge is 0.290 e. The monoisotopic (exact) mass is 449 g/mol. The average molecular weight is 449 g/mol. The molecule has 1 amide bonds. The number of benzene rings is 1. The number of carboxylic acid groups (broad SMARTS) is 2. The lowest BCUT2D eigenvalue weighted by molar-refractivity contribution is -0.127. The first-order valence-electron chi connectivity index (χ1n) is 9.84. The Morgan fingerprint density at radius 1 is 1.12 bits per heavy atom. The van der Waals surface area contributed by atoms with E-state index in [0.717, 1.165) is 0 Å². The minimum atomic E-state index is -0.788. The second-order valence-corrected chi connectivity index (χ2v) is 7.09. The van der Waals surface area contributed by atoms with Crippen molar-refractivity contribution >= 4 is 30.5 Å². The largest absolute Gasteiger partial charge is 0.483 e.